The zero-order chi connectivity index (χ0) is 12.1. The summed E-state index contributed by atoms with van der Waals surface area (Å²) in [5.74, 6) is -0.477. The van der Waals surface area contributed by atoms with Crippen LogP contribution in [-0.4, -0.2) is 35.2 Å². The van der Waals surface area contributed by atoms with Crippen LogP contribution in [0.15, 0.2) is 0 Å². The number of amides is 1. The van der Waals surface area contributed by atoms with Gasteiger partial charge in [-0.1, -0.05) is 22.6 Å². The maximum absolute atomic E-state index is 11.3. The van der Waals surface area contributed by atoms with Crippen LogP contribution in [0.25, 0.3) is 0 Å². The van der Waals surface area contributed by atoms with E-state index < -0.39 is 23.7 Å². The molecular formula is C9H16INO4Zn. The summed E-state index contributed by atoms with van der Waals surface area (Å²) in [6.45, 7) is 5.26. The van der Waals surface area contributed by atoms with Crippen molar-refractivity contribution < 1.29 is 38.5 Å². The van der Waals surface area contributed by atoms with Gasteiger partial charge < -0.3 is 14.8 Å². The molecule has 5 nitrogen and oxygen atoms in total. The number of rotatable bonds is 3. The zero-order valence-corrected chi connectivity index (χ0v) is 15.1. The van der Waals surface area contributed by atoms with Gasteiger partial charge >= 0.3 is 12.1 Å². The van der Waals surface area contributed by atoms with E-state index in [-0.39, 0.29) is 19.5 Å². The summed E-state index contributed by atoms with van der Waals surface area (Å²) < 4.78 is 9.96. The third kappa shape index (κ3) is 8.27. The fraction of sp³-hybridized carbons (Fsp3) is 0.778. The van der Waals surface area contributed by atoms with Gasteiger partial charge in [-0.15, -0.1) is 0 Å². The predicted octanol–water partition coefficient (Wildman–Crippen LogP) is 1.49. The van der Waals surface area contributed by atoms with Crippen LogP contribution in [0.2, 0.25) is 0 Å². The monoisotopic (exact) mass is 393 g/mol. The van der Waals surface area contributed by atoms with Crippen LogP contribution in [0.4, 0.5) is 4.79 Å². The van der Waals surface area contributed by atoms with Crippen molar-refractivity contribution >= 4 is 34.7 Å². The maximum Gasteiger partial charge on any atom is 0.408 e. The normalized spacial score (nSPS) is 12.1. The molecule has 0 radical (unpaired) electrons. The van der Waals surface area contributed by atoms with Gasteiger partial charge in [0.1, 0.15) is 11.6 Å². The number of carbonyl (C=O) groups excluding carboxylic acids is 2. The summed E-state index contributed by atoms with van der Waals surface area (Å²) >= 11 is 1.99. The molecular weight excluding hydrogens is 378 g/mol. The summed E-state index contributed by atoms with van der Waals surface area (Å²) in [7, 11) is 1.28. The van der Waals surface area contributed by atoms with E-state index in [0.29, 0.717) is 4.43 Å². The van der Waals surface area contributed by atoms with Gasteiger partial charge in [0.2, 0.25) is 0 Å². The molecule has 16 heavy (non-hydrogen) atoms. The van der Waals surface area contributed by atoms with E-state index in [1.165, 1.54) is 7.11 Å². The number of carbonyl (C=O) groups is 2. The second-order valence-electron chi connectivity index (χ2n) is 3.88. The van der Waals surface area contributed by atoms with E-state index in [4.69, 9.17) is 4.74 Å². The number of hydrogen-bond acceptors (Lipinski definition) is 4. The molecule has 0 spiro atoms. The molecule has 0 aromatic carbocycles. The Bertz CT molecular complexity index is 242. The Hall–Kier alpha value is 0.0934. The van der Waals surface area contributed by atoms with Crippen LogP contribution in [0.3, 0.4) is 0 Å². The van der Waals surface area contributed by atoms with E-state index in [1.54, 1.807) is 20.8 Å². The number of hydrogen-bond donors (Lipinski definition) is 1. The molecule has 1 N–H and O–H groups in total. The number of alkyl carbamates (subject to hydrolysis) is 1. The second-order valence-corrected chi connectivity index (χ2v) is 4.76. The van der Waals surface area contributed by atoms with Gasteiger partial charge in [-0.2, -0.15) is 0 Å². The molecule has 0 aromatic heterocycles. The first-order valence-corrected chi connectivity index (χ1v) is 5.96. The van der Waals surface area contributed by atoms with Crippen LogP contribution in [0.5, 0.6) is 0 Å². The Balaban J connectivity index is 0. The van der Waals surface area contributed by atoms with Crippen LogP contribution >= 0.6 is 22.6 Å². The van der Waals surface area contributed by atoms with Gasteiger partial charge in [0.05, 0.1) is 7.11 Å². The minimum absolute atomic E-state index is 0. The molecule has 90 valence electrons. The molecule has 0 aliphatic heterocycles. The van der Waals surface area contributed by atoms with Gasteiger partial charge in [0.25, 0.3) is 0 Å². The van der Waals surface area contributed by atoms with Crippen molar-refractivity contribution in [3.05, 3.63) is 0 Å². The van der Waals surface area contributed by atoms with E-state index in [0.717, 1.165) is 0 Å². The Morgan fingerprint density at radius 1 is 1.38 bits per heavy atom. The fourth-order valence-electron chi connectivity index (χ4n) is 0.753. The average Bonchev–Trinajstić information content (AvgIpc) is 2.10. The molecule has 0 rings (SSSR count). The van der Waals surface area contributed by atoms with Crippen LogP contribution in [0, 0.1) is 0 Å². The van der Waals surface area contributed by atoms with Gasteiger partial charge in [-0.25, -0.2) is 9.59 Å². The molecule has 0 saturated carbocycles. The Morgan fingerprint density at radius 3 is 2.19 bits per heavy atom. The number of esters is 1. The first-order valence-electron chi connectivity index (χ1n) is 4.43. The van der Waals surface area contributed by atoms with Crippen LogP contribution in [-0.2, 0) is 33.7 Å². The second kappa shape index (κ2) is 8.22. The minimum Gasteiger partial charge on any atom is -0.467 e. The third-order valence-corrected chi connectivity index (χ3v) is 2.21. The molecule has 0 fully saturated rings. The fourth-order valence-corrected chi connectivity index (χ4v) is 1.33. The van der Waals surface area contributed by atoms with E-state index in [1.807, 2.05) is 22.6 Å². The summed E-state index contributed by atoms with van der Waals surface area (Å²) in [5, 5.41) is 2.43. The summed E-state index contributed by atoms with van der Waals surface area (Å²) in [5.41, 5.74) is -0.573. The van der Waals surface area contributed by atoms with Crippen molar-refractivity contribution in [2.45, 2.75) is 32.4 Å². The topological polar surface area (TPSA) is 64.6 Å². The quantitative estimate of drug-likeness (QED) is 0.341. The Morgan fingerprint density at radius 2 is 1.88 bits per heavy atom. The van der Waals surface area contributed by atoms with Gasteiger partial charge in [0, 0.05) is 23.9 Å². The smallest absolute Gasteiger partial charge is 0.408 e. The Kier molecular flexibility index (Phi) is 9.49. The van der Waals surface area contributed by atoms with Crippen molar-refractivity contribution in [3.63, 3.8) is 0 Å². The average molecular weight is 395 g/mol. The number of ether oxygens (including phenoxy) is 2. The van der Waals surface area contributed by atoms with Crippen LogP contribution < -0.4 is 5.32 Å². The largest absolute Gasteiger partial charge is 0.467 e. The standard InChI is InChI=1S/C9H16INO4.Zn/c1-9(2,3)15-8(13)11-6(5-10)7(12)14-4;/h6H,5H2,1-4H3,(H,11,13);/t6-;/m0./s1. The van der Waals surface area contributed by atoms with Crippen molar-refractivity contribution in [1.29, 1.82) is 0 Å². The summed E-state index contributed by atoms with van der Waals surface area (Å²) in [6.07, 6.45) is -0.616. The number of methoxy groups -OCH3 is 1. The molecule has 1 amide bonds. The van der Waals surface area contributed by atoms with E-state index in [2.05, 4.69) is 10.1 Å². The molecule has 7 heteroatoms. The predicted molar refractivity (Wildman–Crippen MR) is 64.1 cm³/mol. The zero-order valence-electron chi connectivity index (χ0n) is 10.0. The van der Waals surface area contributed by atoms with Gasteiger partial charge in [0.15, 0.2) is 0 Å². The number of halogens is 1. The SMILES string of the molecule is COC(=O)[C@H](CI)NC(=O)OC(C)(C)C.[Zn]. The number of alkyl halides is 1. The Labute approximate surface area is 122 Å². The molecule has 0 saturated heterocycles. The minimum atomic E-state index is -0.662. The molecule has 0 heterocycles. The first kappa shape index (κ1) is 18.5. The summed E-state index contributed by atoms with van der Waals surface area (Å²) in [6, 6.07) is -0.662. The molecule has 0 aliphatic carbocycles. The maximum atomic E-state index is 11.3. The molecule has 0 unspecified atom stereocenters. The van der Waals surface area contributed by atoms with Gasteiger partial charge in [-0.05, 0) is 20.8 Å². The van der Waals surface area contributed by atoms with E-state index >= 15 is 0 Å². The van der Waals surface area contributed by atoms with Crippen LogP contribution in [0.1, 0.15) is 20.8 Å². The summed E-state index contributed by atoms with van der Waals surface area (Å²) in [4.78, 5) is 22.5. The molecule has 0 aromatic rings. The molecule has 0 bridgehead atoms. The van der Waals surface area contributed by atoms with Crippen molar-refractivity contribution in [3.8, 4) is 0 Å². The number of nitrogens with one attached hydrogen (secondary N) is 1. The van der Waals surface area contributed by atoms with E-state index in [9.17, 15) is 9.59 Å². The van der Waals surface area contributed by atoms with Crippen molar-refractivity contribution in [2.75, 3.05) is 11.5 Å². The molecule has 1 atom stereocenters. The van der Waals surface area contributed by atoms with Gasteiger partial charge in [-0.3, -0.25) is 0 Å². The third-order valence-electron chi connectivity index (χ3n) is 1.33. The molecule has 0 aliphatic rings. The van der Waals surface area contributed by atoms with Crippen molar-refractivity contribution in [1.82, 2.24) is 5.32 Å². The first-order chi connectivity index (χ1) is 6.80. The van der Waals surface area contributed by atoms with Crippen molar-refractivity contribution in [2.24, 2.45) is 0 Å².